The Kier molecular flexibility index (Phi) is 3.52. The lowest BCUT2D eigenvalue weighted by Gasteiger charge is -2.35. The summed E-state index contributed by atoms with van der Waals surface area (Å²) in [7, 11) is 0. The fourth-order valence-corrected chi connectivity index (χ4v) is 3.00. The molecular weight excluding hydrogens is 321 g/mol. The summed E-state index contributed by atoms with van der Waals surface area (Å²) in [5.74, 6) is 0.649. The largest absolute Gasteiger partial charge is 0.491 e. The number of ether oxygens (including phenoxy) is 1. The molecule has 2 nitrogen and oxygen atoms in total. The second-order valence-corrected chi connectivity index (χ2v) is 6.20. The number of nitrogens with two attached hydrogens (primary N) is 1. The van der Waals surface area contributed by atoms with Crippen molar-refractivity contribution in [2.24, 2.45) is 5.73 Å². The van der Waals surface area contributed by atoms with E-state index in [0.717, 1.165) is 27.8 Å². The SMILES string of the molecule is NC1(Cc2cc(F)ccc2Br)COc2ccccc2C1. The summed E-state index contributed by atoms with van der Waals surface area (Å²) in [5.41, 5.74) is 7.92. The first-order chi connectivity index (χ1) is 9.56. The summed E-state index contributed by atoms with van der Waals surface area (Å²) in [4.78, 5) is 0. The van der Waals surface area contributed by atoms with Gasteiger partial charge in [0.2, 0.25) is 0 Å². The van der Waals surface area contributed by atoms with E-state index in [4.69, 9.17) is 10.5 Å². The normalized spacial score (nSPS) is 21.1. The molecule has 20 heavy (non-hydrogen) atoms. The zero-order valence-corrected chi connectivity index (χ0v) is 12.5. The van der Waals surface area contributed by atoms with Gasteiger partial charge in [-0.15, -0.1) is 0 Å². The number of hydrogen-bond acceptors (Lipinski definition) is 2. The van der Waals surface area contributed by atoms with Crippen LogP contribution in [0.3, 0.4) is 0 Å². The van der Waals surface area contributed by atoms with Crippen molar-refractivity contribution in [2.45, 2.75) is 18.4 Å². The fraction of sp³-hybridized carbons (Fsp3) is 0.250. The Bertz CT molecular complexity index is 646. The van der Waals surface area contributed by atoms with Gasteiger partial charge in [0.15, 0.2) is 0 Å². The Labute approximate surface area is 125 Å². The van der Waals surface area contributed by atoms with Crippen LogP contribution in [0.4, 0.5) is 4.39 Å². The molecule has 0 saturated heterocycles. The molecule has 1 unspecified atom stereocenters. The van der Waals surface area contributed by atoms with Gasteiger partial charge in [-0.25, -0.2) is 4.39 Å². The minimum Gasteiger partial charge on any atom is -0.491 e. The van der Waals surface area contributed by atoms with Gasteiger partial charge >= 0.3 is 0 Å². The van der Waals surface area contributed by atoms with E-state index < -0.39 is 5.54 Å². The Balaban J connectivity index is 1.86. The highest BCUT2D eigenvalue weighted by Gasteiger charge is 2.32. The Morgan fingerprint density at radius 3 is 2.90 bits per heavy atom. The lowest BCUT2D eigenvalue weighted by atomic mass is 9.84. The molecule has 0 aromatic heterocycles. The molecule has 0 saturated carbocycles. The van der Waals surface area contributed by atoms with Crippen molar-refractivity contribution in [2.75, 3.05) is 6.61 Å². The monoisotopic (exact) mass is 335 g/mol. The molecule has 1 atom stereocenters. The van der Waals surface area contributed by atoms with Crippen molar-refractivity contribution in [1.29, 1.82) is 0 Å². The molecule has 0 fully saturated rings. The van der Waals surface area contributed by atoms with E-state index in [2.05, 4.69) is 15.9 Å². The topological polar surface area (TPSA) is 35.2 Å². The van der Waals surface area contributed by atoms with E-state index in [1.54, 1.807) is 6.07 Å². The van der Waals surface area contributed by atoms with Crippen molar-refractivity contribution in [3.63, 3.8) is 0 Å². The fourth-order valence-electron chi connectivity index (χ4n) is 2.61. The molecule has 2 aromatic carbocycles. The third-order valence-electron chi connectivity index (χ3n) is 3.58. The molecule has 2 N–H and O–H groups in total. The van der Waals surface area contributed by atoms with Gasteiger partial charge in [0, 0.05) is 4.47 Å². The van der Waals surface area contributed by atoms with Crippen LogP contribution in [0, 0.1) is 5.82 Å². The number of rotatable bonds is 2. The van der Waals surface area contributed by atoms with E-state index in [1.807, 2.05) is 24.3 Å². The van der Waals surface area contributed by atoms with Crippen LogP contribution in [0.1, 0.15) is 11.1 Å². The summed E-state index contributed by atoms with van der Waals surface area (Å²) in [5, 5.41) is 0. The smallest absolute Gasteiger partial charge is 0.123 e. The molecule has 4 heteroatoms. The second-order valence-electron chi connectivity index (χ2n) is 5.35. The first-order valence-corrected chi connectivity index (χ1v) is 7.29. The minimum atomic E-state index is -0.509. The number of hydrogen-bond donors (Lipinski definition) is 1. The quantitative estimate of drug-likeness (QED) is 0.912. The third kappa shape index (κ3) is 2.72. The molecule has 0 amide bonds. The van der Waals surface area contributed by atoms with E-state index in [1.165, 1.54) is 12.1 Å². The molecule has 1 aliphatic rings. The Morgan fingerprint density at radius 2 is 2.05 bits per heavy atom. The maximum absolute atomic E-state index is 13.4. The van der Waals surface area contributed by atoms with Gasteiger partial charge in [0.25, 0.3) is 0 Å². The van der Waals surface area contributed by atoms with Crippen LogP contribution in [-0.4, -0.2) is 12.1 Å². The molecule has 2 aromatic rings. The summed E-state index contributed by atoms with van der Waals surface area (Å²) in [6.45, 7) is 0.437. The van der Waals surface area contributed by atoms with Crippen molar-refractivity contribution >= 4 is 15.9 Å². The van der Waals surface area contributed by atoms with Crippen molar-refractivity contribution in [3.8, 4) is 5.75 Å². The zero-order valence-electron chi connectivity index (χ0n) is 10.9. The van der Waals surface area contributed by atoms with Crippen molar-refractivity contribution in [3.05, 3.63) is 63.9 Å². The van der Waals surface area contributed by atoms with Gasteiger partial charge in [0.1, 0.15) is 18.2 Å². The highest BCUT2D eigenvalue weighted by atomic mass is 79.9. The van der Waals surface area contributed by atoms with Crippen molar-refractivity contribution < 1.29 is 9.13 Å². The van der Waals surface area contributed by atoms with Crippen LogP contribution < -0.4 is 10.5 Å². The average Bonchev–Trinajstić information content (AvgIpc) is 2.42. The molecule has 104 valence electrons. The Hall–Kier alpha value is -1.39. The number of para-hydroxylation sites is 1. The second kappa shape index (κ2) is 5.19. The van der Waals surface area contributed by atoms with Gasteiger partial charge in [-0.3, -0.25) is 0 Å². The number of benzene rings is 2. The predicted molar refractivity (Wildman–Crippen MR) is 80.4 cm³/mol. The van der Waals surface area contributed by atoms with Crippen LogP contribution >= 0.6 is 15.9 Å². The average molecular weight is 336 g/mol. The highest BCUT2D eigenvalue weighted by Crippen LogP contribution is 2.31. The summed E-state index contributed by atoms with van der Waals surface area (Å²) < 4.78 is 20.0. The van der Waals surface area contributed by atoms with Crippen molar-refractivity contribution in [1.82, 2.24) is 0 Å². The maximum Gasteiger partial charge on any atom is 0.123 e. The lowest BCUT2D eigenvalue weighted by Crippen LogP contribution is -2.51. The Morgan fingerprint density at radius 1 is 1.25 bits per heavy atom. The van der Waals surface area contributed by atoms with Gasteiger partial charge in [0.05, 0.1) is 5.54 Å². The summed E-state index contributed by atoms with van der Waals surface area (Å²) in [6.07, 6.45) is 1.30. The summed E-state index contributed by atoms with van der Waals surface area (Å²) in [6, 6.07) is 12.6. The minimum absolute atomic E-state index is 0.246. The van der Waals surface area contributed by atoms with Gasteiger partial charge in [-0.2, -0.15) is 0 Å². The number of fused-ring (bicyclic) bond motifs is 1. The van der Waals surface area contributed by atoms with Gasteiger partial charge in [-0.1, -0.05) is 34.1 Å². The lowest BCUT2D eigenvalue weighted by molar-refractivity contribution is 0.189. The molecule has 0 bridgehead atoms. The highest BCUT2D eigenvalue weighted by molar-refractivity contribution is 9.10. The van der Waals surface area contributed by atoms with Gasteiger partial charge in [-0.05, 0) is 48.2 Å². The molecule has 1 heterocycles. The molecule has 0 spiro atoms. The molecule has 0 radical (unpaired) electrons. The first-order valence-electron chi connectivity index (χ1n) is 6.49. The van der Waals surface area contributed by atoms with Crippen LogP contribution in [0.2, 0.25) is 0 Å². The van der Waals surface area contributed by atoms with Crippen LogP contribution in [-0.2, 0) is 12.8 Å². The summed E-state index contributed by atoms with van der Waals surface area (Å²) >= 11 is 3.45. The van der Waals surface area contributed by atoms with Crippen LogP contribution in [0.15, 0.2) is 46.9 Å². The first kappa shape index (κ1) is 13.6. The molecular formula is C16H15BrFNO. The molecule has 0 aliphatic carbocycles. The number of halogens is 2. The van der Waals surface area contributed by atoms with Crippen LogP contribution in [0.5, 0.6) is 5.75 Å². The maximum atomic E-state index is 13.4. The van der Waals surface area contributed by atoms with E-state index >= 15 is 0 Å². The van der Waals surface area contributed by atoms with E-state index in [-0.39, 0.29) is 5.82 Å². The molecule has 1 aliphatic heterocycles. The zero-order chi connectivity index (χ0) is 14.2. The third-order valence-corrected chi connectivity index (χ3v) is 4.35. The van der Waals surface area contributed by atoms with Gasteiger partial charge < -0.3 is 10.5 Å². The van der Waals surface area contributed by atoms with E-state index in [9.17, 15) is 4.39 Å². The predicted octanol–water partition coefficient (Wildman–Crippen LogP) is 3.46. The molecule has 3 rings (SSSR count). The van der Waals surface area contributed by atoms with Crippen LogP contribution in [0.25, 0.3) is 0 Å². The standard InChI is InChI=1S/C16H15BrFNO/c17-14-6-5-13(18)7-12(14)9-16(19)8-11-3-1-2-4-15(11)20-10-16/h1-7H,8-10,19H2. The van der Waals surface area contributed by atoms with E-state index in [0.29, 0.717) is 13.0 Å².